The minimum atomic E-state index is 0.0341. The molecule has 5 heteroatoms. The van der Waals surface area contributed by atoms with E-state index >= 15 is 0 Å². The molecule has 0 aliphatic heterocycles. The van der Waals surface area contributed by atoms with Crippen molar-refractivity contribution in [3.05, 3.63) is 89.5 Å². The van der Waals surface area contributed by atoms with Crippen LogP contribution in [-0.4, -0.2) is 15.8 Å². The first kappa shape index (κ1) is 16.4. The molecule has 1 heterocycles. The van der Waals surface area contributed by atoms with Crippen molar-refractivity contribution in [1.29, 1.82) is 5.26 Å². The van der Waals surface area contributed by atoms with Gasteiger partial charge in [0.05, 0.1) is 28.6 Å². The number of rotatable bonds is 3. The van der Waals surface area contributed by atoms with E-state index in [0.29, 0.717) is 28.2 Å². The Hall–Kier alpha value is -4.04. The molecule has 130 valence electrons. The van der Waals surface area contributed by atoms with Gasteiger partial charge in [-0.05, 0) is 42.5 Å². The van der Waals surface area contributed by atoms with Gasteiger partial charge >= 0.3 is 0 Å². The molecule has 0 unspecified atom stereocenters. The average Bonchev–Trinajstić information content (AvgIpc) is 3.02. The average molecular weight is 352 g/mol. The first-order valence-electron chi connectivity index (χ1n) is 8.40. The van der Waals surface area contributed by atoms with E-state index in [-0.39, 0.29) is 5.88 Å². The Morgan fingerprint density at radius 2 is 1.74 bits per heavy atom. The first-order chi connectivity index (χ1) is 13.2. The molecule has 0 saturated heterocycles. The van der Waals surface area contributed by atoms with Gasteiger partial charge in [0, 0.05) is 22.2 Å². The van der Waals surface area contributed by atoms with Crippen LogP contribution in [0.25, 0.3) is 10.9 Å². The zero-order valence-electron chi connectivity index (χ0n) is 14.3. The number of nitriles is 1. The molecule has 4 N–H and O–H groups in total. The van der Waals surface area contributed by atoms with E-state index in [1.165, 1.54) is 0 Å². The molecule has 0 spiro atoms. The Morgan fingerprint density at radius 3 is 2.44 bits per heavy atom. The summed E-state index contributed by atoms with van der Waals surface area (Å²) in [6.07, 6.45) is 0. The number of nitrogens with two attached hydrogens (primary N) is 1. The van der Waals surface area contributed by atoms with Crippen LogP contribution in [0, 0.1) is 11.3 Å². The van der Waals surface area contributed by atoms with Crippen LogP contribution < -0.4 is 5.73 Å². The number of nitrogen functional groups attached to an aromatic ring is 1. The van der Waals surface area contributed by atoms with Crippen molar-refractivity contribution in [2.45, 2.75) is 0 Å². The van der Waals surface area contributed by atoms with Gasteiger partial charge in [-0.15, -0.1) is 0 Å². The molecule has 0 aliphatic carbocycles. The van der Waals surface area contributed by atoms with Crippen molar-refractivity contribution in [2.75, 3.05) is 5.73 Å². The molecule has 0 amide bonds. The number of nitrogens with one attached hydrogen (secondary N) is 1. The van der Waals surface area contributed by atoms with Crippen LogP contribution in [0.2, 0.25) is 0 Å². The van der Waals surface area contributed by atoms with Crippen molar-refractivity contribution in [3.63, 3.8) is 0 Å². The third-order valence-electron chi connectivity index (χ3n) is 4.32. The van der Waals surface area contributed by atoms with Crippen molar-refractivity contribution in [1.82, 2.24) is 4.98 Å². The summed E-state index contributed by atoms with van der Waals surface area (Å²) >= 11 is 0. The van der Waals surface area contributed by atoms with Crippen LogP contribution in [0.1, 0.15) is 16.7 Å². The molecular weight excluding hydrogens is 336 g/mol. The van der Waals surface area contributed by atoms with Crippen molar-refractivity contribution >= 4 is 28.0 Å². The number of fused-ring (bicyclic) bond motifs is 1. The van der Waals surface area contributed by atoms with Gasteiger partial charge in [-0.1, -0.05) is 30.3 Å². The highest BCUT2D eigenvalue weighted by atomic mass is 16.3. The molecule has 0 saturated carbocycles. The SMILES string of the molecule is N#Cc1ccc(N=C(c2ccccc2)c2c(O)[nH]c3ccc(N)cc23)cc1. The van der Waals surface area contributed by atoms with Crippen LogP contribution in [-0.2, 0) is 0 Å². The van der Waals surface area contributed by atoms with Gasteiger partial charge in [-0.3, -0.25) is 0 Å². The standard InChI is InChI=1S/C22H16N4O/c23-13-14-6-9-17(10-7-14)25-21(15-4-2-1-3-5-15)20-18-12-16(24)8-11-19(18)26-22(20)27/h1-12,26-27H,24H2. The van der Waals surface area contributed by atoms with Crippen LogP contribution in [0.3, 0.4) is 0 Å². The molecule has 0 fully saturated rings. The van der Waals surface area contributed by atoms with E-state index in [4.69, 9.17) is 16.0 Å². The number of aromatic hydroxyl groups is 1. The van der Waals surface area contributed by atoms with E-state index in [0.717, 1.165) is 16.5 Å². The fraction of sp³-hybridized carbons (Fsp3) is 0. The molecule has 0 radical (unpaired) electrons. The summed E-state index contributed by atoms with van der Waals surface area (Å²) in [7, 11) is 0. The van der Waals surface area contributed by atoms with Gasteiger partial charge in [-0.2, -0.15) is 5.26 Å². The largest absolute Gasteiger partial charge is 0.494 e. The number of aromatic nitrogens is 1. The number of aliphatic imine (C=N–C) groups is 1. The van der Waals surface area contributed by atoms with Crippen LogP contribution in [0.4, 0.5) is 11.4 Å². The molecule has 1 aromatic heterocycles. The Bertz CT molecular complexity index is 1180. The summed E-state index contributed by atoms with van der Waals surface area (Å²) in [5.41, 5.74) is 10.7. The molecule has 4 rings (SSSR count). The molecule has 0 bridgehead atoms. The third kappa shape index (κ3) is 3.12. The quantitative estimate of drug-likeness (QED) is 0.374. The van der Waals surface area contributed by atoms with Gasteiger partial charge in [0.15, 0.2) is 5.88 Å². The molecule has 4 aromatic rings. The molecule has 0 aliphatic rings. The summed E-state index contributed by atoms with van der Waals surface area (Å²) in [5.74, 6) is 0.0341. The van der Waals surface area contributed by atoms with Gasteiger partial charge in [0.25, 0.3) is 0 Å². The second kappa shape index (κ2) is 6.70. The number of hydrogen-bond acceptors (Lipinski definition) is 4. The topological polar surface area (TPSA) is 98.2 Å². The smallest absolute Gasteiger partial charge is 0.199 e. The summed E-state index contributed by atoms with van der Waals surface area (Å²) < 4.78 is 0. The monoisotopic (exact) mass is 352 g/mol. The number of anilines is 1. The number of hydrogen-bond donors (Lipinski definition) is 3. The summed E-state index contributed by atoms with van der Waals surface area (Å²) in [6.45, 7) is 0. The molecule has 27 heavy (non-hydrogen) atoms. The summed E-state index contributed by atoms with van der Waals surface area (Å²) in [6, 6.07) is 24.2. The molecular formula is C22H16N4O. The Morgan fingerprint density at radius 1 is 1.00 bits per heavy atom. The van der Waals surface area contributed by atoms with Gasteiger partial charge < -0.3 is 15.8 Å². The minimum absolute atomic E-state index is 0.0341. The number of benzene rings is 3. The molecule has 5 nitrogen and oxygen atoms in total. The first-order valence-corrected chi connectivity index (χ1v) is 8.40. The molecule has 0 atom stereocenters. The van der Waals surface area contributed by atoms with Crippen molar-refractivity contribution in [3.8, 4) is 11.9 Å². The summed E-state index contributed by atoms with van der Waals surface area (Å²) in [4.78, 5) is 7.76. The Balaban J connectivity index is 1.97. The van der Waals surface area contributed by atoms with Gasteiger partial charge in [0.2, 0.25) is 0 Å². The van der Waals surface area contributed by atoms with E-state index in [1.807, 2.05) is 42.5 Å². The maximum Gasteiger partial charge on any atom is 0.199 e. The lowest BCUT2D eigenvalue weighted by Gasteiger charge is -2.08. The fourth-order valence-corrected chi connectivity index (χ4v) is 3.04. The second-order valence-electron chi connectivity index (χ2n) is 6.14. The predicted octanol–water partition coefficient (Wildman–Crippen LogP) is 4.50. The maximum atomic E-state index is 10.6. The zero-order chi connectivity index (χ0) is 18.8. The van der Waals surface area contributed by atoms with Crippen LogP contribution >= 0.6 is 0 Å². The van der Waals surface area contributed by atoms with Crippen LogP contribution in [0.15, 0.2) is 77.8 Å². The maximum absolute atomic E-state index is 10.6. The van der Waals surface area contributed by atoms with E-state index in [9.17, 15) is 5.11 Å². The number of H-pyrrole nitrogens is 1. The second-order valence-corrected chi connectivity index (χ2v) is 6.14. The van der Waals surface area contributed by atoms with E-state index in [2.05, 4.69) is 11.1 Å². The Labute approximate surface area is 156 Å². The van der Waals surface area contributed by atoms with Gasteiger partial charge in [-0.25, -0.2) is 4.99 Å². The normalized spacial score (nSPS) is 11.4. The highest BCUT2D eigenvalue weighted by Crippen LogP contribution is 2.32. The minimum Gasteiger partial charge on any atom is -0.494 e. The summed E-state index contributed by atoms with van der Waals surface area (Å²) in [5, 5.41) is 20.4. The highest BCUT2D eigenvalue weighted by molar-refractivity contribution is 6.22. The zero-order valence-corrected chi connectivity index (χ0v) is 14.3. The van der Waals surface area contributed by atoms with Gasteiger partial charge in [0.1, 0.15) is 0 Å². The number of nitrogens with zero attached hydrogens (tertiary/aromatic N) is 2. The highest BCUT2D eigenvalue weighted by Gasteiger charge is 2.18. The van der Waals surface area contributed by atoms with Crippen LogP contribution in [0.5, 0.6) is 5.88 Å². The fourth-order valence-electron chi connectivity index (χ4n) is 3.04. The lowest BCUT2D eigenvalue weighted by Crippen LogP contribution is -2.03. The van der Waals surface area contributed by atoms with Crippen molar-refractivity contribution < 1.29 is 5.11 Å². The van der Waals surface area contributed by atoms with E-state index < -0.39 is 0 Å². The predicted molar refractivity (Wildman–Crippen MR) is 107 cm³/mol. The number of aromatic amines is 1. The lowest BCUT2D eigenvalue weighted by molar-refractivity contribution is 0.457. The van der Waals surface area contributed by atoms with Crippen molar-refractivity contribution in [2.24, 2.45) is 4.99 Å². The van der Waals surface area contributed by atoms with E-state index in [1.54, 1.807) is 30.3 Å². The third-order valence-corrected chi connectivity index (χ3v) is 4.32. The molecule has 3 aromatic carbocycles. The lowest BCUT2D eigenvalue weighted by atomic mass is 10.0. The Kier molecular flexibility index (Phi) is 4.07.